The molecule has 0 spiro atoms. The van der Waals surface area contributed by atoms with Crippen LogP contribution in [0.5, 0.6) is 0 Å². The third kappa shape index (κ3) is 3.71. The maximum atomic E-state index is 6.64. The quantitative estimate of drug-likeness (QED) is 0.834. The molecule has 2 rings (SSSR count). The monoisotopic (exact) mass is 252 g/mol. The normalized spacial score (nSPS) is 42.2. The van der Waals surface area contributed by atoms with E-state index in [-0.39, 0.29) is 5.54 Å². The first kappa shape index (κ1) is 14.3. The molecule has 106 valence electrons. The summed E-state index contributed by atoms with van der Waals surface area (Å²) in [6.45, 7) is 5.86. The van der Waals surface area contributed by atoms with Crippen molar-refractivity contribution in [3.8, 4) is 0 Å². The Morgan fingerprint density at radius 1 is 1.06 bits per heavy atom. The van der Waals surface area contributed by atoms with Gasteiger partial charge >= 0.3 is 0 Å². The minimum Gasteiger partial charge on any atom is -0.324 e. The Labute approximate surface area is 113 Å². The number of hydrogen-bond donors (Lipinski definition) is 1. The molecule has 0 aromatic carbocycles. The van der Waals surface area contributed by atoms with E-state index < -0.39 is 0 Å². The second-order valence-electron chi connectivity index (χ2n) is 7.39. The van der Waals surface area contributed by atoms with E-state index in [0.717, 1.165) is 24.4 Å². The number of likely N-dealkylation sites (N-methyl/N-ethyl adjacent to an activating group) is 1. The number of nitrogens with two attached hydrogens (primary N) is 1. The highest BCUT2D eigenvalue weighted by Crippen LogP contribution is 2.33. The van der Waals surface area contributed by atoms with Crippen molar-refractivity contribution in [3.63, 3.8) is 0 Å². The van der Waals surface area contributed by atoms with E-state index in [4.69, 9.17) is 5.73 Å². The van der Waals surface area contributed by atoms with Crippen LogP contribution in [0.15, 0.2) is 0 Å². The molecular formula is C16H32N2. The Bertz CT molecular complexity index is 258. The second kappa shape index (κ2) is 5.92. The minimum absolute atomic E-state index is 0.0927. The topological polar surface area (TPSA) is 29.3 Å². The lowest BCUT2D eigenvalue weighted by atomic mass is 9.76. The van der Waals surface area contributed by atoms with E-state index in [2.05, 4.69) is 25.8 Å². The van der Waals surface area contributed by atoms with E-state index in [9.17, 15) is 0 Å². The predicted molar refractivity (Wildman–Crippen MR) is 78.6 cm³/mol. The van der Waals surface area contributed by atoms with Crippen molar-refractivity contribution in [2.24, 2.45) is 17.6 Å². The van der Waals surface area contributed by atoms with Crippen molar-refractivity contribution in [1.29, 1.82) is 0 Å². The van der Waals surface area contributed by atoms with E-state index in [1.54, 1.807) is 0 Å². The zero-order valence-corrected chi connectivity index (χ0v) is 12.6. The van der Waals surface area contributed by atoms with Crippen molar-refractivity contribution in [2.75, 3.05) is 13.6 Å². The van der Waals surface area contributed by atoms with Gasteiger partial charge < -0.3 is 10.6 Å². The predicted octanol–water partition coefficient (Wildman–Crippen LogP) is 3.40. The lowest BCUT2D eigenvalue weighted by molar-refractivity contribution is 0.110. The summed E-state index contributed by atoms with van der Waals surface area (Å²) in [6, 6.07) is 0.791. The van der Waals surface area contributed by atoms with Crippen LogP contribution in [-0.4, -0.2) is 30.1 Å². The molecule has 2 unspecified atom stereocenters. The fourth-order valence-corrected chi connectivity index (χ4v) is 4.15. The highest BCUT2D eigenvalue weighted by atomic mass is 15.2. The van der Waals surface area contributed by atoms with Crippen molar-refractivity contribution >= 4 is 0 Å². The first-order valence-corrected chi connectivity index (χ1v) is 7.98. The van der Waals surface area contributed by atoms with Gasteiger partial charge in [0.15, 0.2) is 0 Å². The molecule has 2 nitrogen and oxygen atoms in total. The van der Waals surface area contributed by atoms with Gasteiger partial charge in [-0.3, -0.25) is 0 Å². The molecule has 2 atom stereocenters. The maximum Gasteiger partial charge on any atom is 0.0285 e. The standard InChI is InChI=1S/C16H32N2/c1-13-6-8-15(9-7-13)18(3)12-16(17)10-4-5-14(2)11-16/h13-15H,4-12,17H2,1-3H3. The minimum atomic E-state index is 0.0927. The molecule has 18 heavy (non-hydrogen) atoms. The Morgan fingerprint density at radius 3 is 2.33 bits per heavy atom. The molecule has 2 saturated carbocycles. The zero-order valence-electron chi connectivity index (χ0n) is 12.6. The van der Waals surface area contributed by atoms with E-state index in [1.165, 1.54) is 51.4 Å². The summed E-state index contributed by atoms with van der Waals surface area (Å²) in [4.78, 5) is 2.57. The summed E-state index contributed by atoms with van der Waals surface area (Å²) < 4.78 is 0. The third-order valence-electron chi connectivity index (χ3n) is 5.30. The highest BCUT2D eigenvalue weighted by Gasteiger charge is 2.34. The lowest BCUT2D eigenvalue weighted by Gasteiger charge is -2.43. The Balaban J connectivity index is 1.84. The number of rotatable bonds is 3. The SMILES string of the molecule is CC1CCC(N(C)CC2(N)CCCC(C)C2)CC1. The zero-order chi connectivity index (χ0) is 13.2. The van der Waals surface area contributed by atoms with E-state index >= 15 is 0 Å². The van der Waals surface area contributed by atoms with Crippen molar-refractivity contribution in [3.05, 3.63) is 0 Å². The van der Waals surface area contributed by atoms with Crippen molar-refractivity contribution in [1.82, 2.24) is 4.90 Å². The van der Waals surface area contributed by atoms with Crippen LogP contribution in [0.1, 0.15) is 65.2 Å². The molecule has 0 aromatic rings. The molecule has 0 saturated heterocycles. The number of nitrogens with zero attached hydrogens (tertiary/aromatic N) is 1. The molecule has 2 heteroatoms. The van der Waals surface area contributed by atoms with Crippen LogP contribution in [0.4, 0.5) is 0 Å². The molecule has 0 heterocycles. The number of hydrogen-bond acceptors (Lipinski definition) is 2. The lowest BCUT2D eigenvalue weighted by Crippen LogP contribution is -2.54. The van der Waals surface area contributed by atoms with Gasteiger partial charge in [0, 0.05) is 18.1 Å². The van der Waals surface area contributed by atoms with Crippen LogP contribution in [0.2, 0.25) is 0 Å². The van der Waals surface area contributed by atoms with Crippen LogP contribution < -0.4 is 5.73 Å². The molecule has 0 aliphatic heterocycles. The Hall–Kier alpha value is -0.0800. The first-order valence-electron chi connectivity index (χ1n) is 7.98. The fourth-order valence-electron chi connectivity index (χ4n) is 4.15. The highest BCUT2D eigenvalue weighted by molar-refractivity contribution is 4.93. The molecule has 2 N–H and O–H groups in total. The Morgan fingerprint density at radius 2 is 1.72 bits per heavy atom. The molecular weight excluding hydrogens is 220 g/mol. The molecule has 2 aliphatic carbocycles. The molecule has 0 amide bonds. The van der Waals surface area contributed by atoms with Gasteiger partial charge in [0.2, 0.25) is 0 Å². The van der Waals surface area contributed by atoms with Crippen molar-refractivity contribution in [2.45, 2.75) is 76.8 Å². The van der Waals surface area contributed by atoms with Crippen LogP contribution in [0, 0.1) is 11.8 Å². The summed E-state index contributed by atoms with van der Waals surface area (Å²) in [6.07, 6.45) is 10.7. The van der Waals surface area contributed by atoms with Gasteiger partial charge in [-0.1, -0.05) is 26.7 Å². The summed E-state index contributed by atoms with van der Waals surface area (Å²) in [5, 5.41) is 0. The van der Waals surface area contributed by atoms with Gasteiger partial charge in [0.1, 0.15) is 0 Å². The van der Waals surface area contributed by atoms with Crippen LogP contribution in [0.25, 0.3) is 0 Å². The van der Waals surface area contributed by atoms with E-state index in [1.807, 2.05) is 0 Å². The van der Waals surface area contributed by atoms with Crippen LogP contribution in [-0.2, 0) is 0 Å². The van der Waals surface area contributed by atoms with Gasteiger partial charge in [-0.25, -0.2) is 0 Å². The summed E-state index contributed by atoms with van der Waals surface area (Å²) in [7, 11) is 2.30. The molecule has 0 radical (unpaired) electrons. The van der Waals surface area contributed by atoms with Crippen LogP contribution >= 0.6 is 0 Å². The molecule has 0 bridgehead atoms. The molecule has 2 aliphatic rings. The fraction of sp³-hybridized carbons (Fsp3) is 1.00. The summed E-state index contributed by atoms with van der Waals surface area (Å²) >= 11 is 0. The summed E-state index contributed by atoms with van der Waals surface area (Å²) in [5.74, 6) is 1.76. The smallest absolute Gasteiger partial charge is 0.0285 e. The third-order valence-corrected chi connectivity index (χ3v) is 5.30. The Kier molecular flexibility index (Phi) is 4.71. The largest absolute Gasteiger partial charge is 0.324 e. The van der Waals surface area contributed by atoms with Crippen molar-refractivity contribution < 1.29 is 0 Å². The van der Waals surface area contributed by atoms with Gasteiger partial charge in [-0.2, -0.15) is 0 Å². The maximum absolute atomic E-state index is 6.64. The first-order chi connectivity index (χ1) is 8.48. The average molecular weight is 252 g/mol. The van der Waals surface area contributed by atoms with Gasteiger partial charge in [-0.15, -0.1) is 0 Å². The average Bonchev–Trinajstić information content (AvgIpc) is 2.28. The second-order valence-corrected chi connectivity index (χ2v) is 7.39. The summed E-state index contributed by atoms with van der Waals surface area (Å²) in [5.41, 5.74) is 6.74. The molecule has 0 aromatic heterocycles. The van der Waals surface area contributed by atoms with E-state index in [0.29, 0.717) is 0 Å². The van der Waals surface area contributed by atoms with Gasteiger partial charge in [0.25, 0.3) is 0 Å². The van der Waals surface area contributed by atoms with Gasteiger partial charge in [-0.05, 0) is 57.4 Å². The van der Waals surface area contributed by atoms with Crippen LogP contribution in [0.3, 0.4) is 0 Å². The molecule has 2 fully saturated rings. The van der Waals surface area contributed by atoms with Gasteiger partial charge in [0.05, 0.1) is 0 Å².